The Bertz CT molecular complexity index is 181. The maximum absolute atomic E-state index is 11.2. The second-order valence-electron chi connectivity index (χ2n) is 3.72. The molecule has 0 atom stereocenters. The van der Waals surface area contributed by atoms with Crippen LogP contribution in [0.15, 0.2) is 0 Å². The van der Waals surface area contributed by atoms with Gasteiger partial charge in [0.25, 0.3) is 0 Å². The zero-order chi connectivity index (χ0) is 9.90. The third-order valence-corrected chi connectivity index (χ3v) is 3.20. The lowest BCUT2D eigenvalue weighted by Crippen LogP contribution is -2.52. The van der Waals surface area contributed by atoms with Crippen molar-refractivity contribution in [2.24, 2.45) is 0 Å². The fourth-order valence-electron chi connectivity index (χ4n) is 2.45. The SMILES string of the molecule is CCN(CC)C1(C(=O)O)CCCC1. The lowest BCUT2D eigenvalue weighted by atomic mass is 9.95. The maximum atomic E-state index is 11.2. The van der Waals surface area contributed by atoms with Gasteiger partial charge in [0.05, 0.1) is 0 Å². The average molecular weight is 185 g/mol. The first-order valence-corrected chi connectivity index (χ1v) is 5.16. The molecule has 3 nitrogen and oxygen atoms in total. The van der Waals surface area contributed by atoms with E-state index in [1.165, 1.54) is 0 Å². The summed E-state index contributed by atoms with van der Waals surface area (Å²) in [5.41, 5.74) is -0.538. The van der Waals surface area contributed by atoms with Crippen molar-refractivity contribution in [3.8, 4) is 0 Å². The van der Waals surface area contributed by atoms with Crippen LogP contribution in [-0.4, -0.2) is 34.6 Å². The number of aliphatic carboxylic acids is 1. The van der Waals surface area contributed by atoms with Gasteiger partial charge in [-0.05, 0) is 25.9 Å². The predicted octanol–water partition coefficient (Wildman–Crippen LogP) is 1.73. The molecule has 0 saturated heterocycles. The van der Waals surface area contributed by atoms with Crippen molar-refractivity contribution in [1.82, 2.24) is 4.90 Å². The van der Waals surface area contributed by atoms with Crippen LogP contribution in [0.1, 0.15) is 39.5 Å². The Morgan fingerprint density at radius 1 is 1.31 bits per heavy atom. The molecule has 0 aromatic rings. The van der Waals surface area contributed by atoms with Crippen LogP contribution < -0.4 is 0 Å². The average Bonchev–Trinajstić information content (AvgIpc) is 2.56. The zero-order valence-electron chi connectivity index (χ0n) is 8.55. The molecule has 1 saturated carbocycles. The molecule has 1 N–H and O–H groups in total. The highest BCUT2D eigenvalue weighted by molar-refractivity contribution is 5.79. The Morgan fingerprint density at radius 3 is 2.08 bits per heavy atom. The van der Waals surface area contributed by atoms with E-state index in [0.29, 0.717) is 0 Å². The molecular formula is C10H19NO2. The zero-order valence-corrected chi connectivity index (χ0v) is 8.55. The Morgan fingerprint density at radius 2 is 1.77 bits per heavy atom. The van der Waals surface area contributed by atoms with E-state index >= 15 is 0 Å². The third-order valence-electron chi connectivity index (χ3n) is 3.20. The van der Waals surface area contributed by atoms with Crippen LogP contribution in [0.2, 0.25) is 0 Å². The first kappa shape index (κ1) is 10.5. The van der Waals surface area contributed by atoms with Gasteiger partial charge in [0.1, 0.15) is 5.54 Å². The first-order valence-electron chi connectivity index (χ1n) is 5.16. The van der Waals surface area contributed by atoms with Crippen LogP contribution in [0.3, 0.4) is 0 Å². The van der Waals surface area contributed by atoms with Crippen LogP contribution in [0, 0.1) is 0 Å². The molecule has 0 aliphatic heterocycles. The van der Waals surface area contributed by atoms with E-state index in [9.17, 15) is 9.90 Å². The van der Waals surface area contributed by atoms with Gasteiger partial charge in [-0.25, -0.2) is 0 Å². The normalized spacial score (nSPS) is 20.8. The minimum atomic E-state index is -0.631. The van der Waals surface area contributed by atoms with E-state index in [-0.39, 0.29) is 0 Å². The maximum Gasteiger partial charge on any atom is 0.324 e. The number of carbonyl (C=O) groups is 1. The highest BCUT2D eigenvalue weighted by Crippen LogP contribution is 2.35. The second-order valence-corrected chi connectivity index (χ2v) is 3.72. The fourth-order valence-corrected chi connectivity index (χ4v) is 2.45. The summed E-state index contributed by atoms with van der Waals surface area (Å²) < 4.78 is 0. The molecule has 1 rings (SSSR count). The number of rotatable bonds is 4. The van der Waals surface area contributed by atoms with Crippen molar-refractivity contribution >= 4 is 5.97 Å². The minimum Gasteiger partial charge on any atom is -0.480 e. The van der Waals surface area contributed by atoms with E-state index < -0.39 is 11.5 Å². The minimum absolute atomic E-state index is 0.538. The number of hydrogen-bond donors (Lipinski definition) is 1. The van der Waals surface area contributed by atoms with Gasteiger partial charge in [0.2, 0.25) is 0 Å². The highest BCUT2D eigenvalue weighted by atomic mass is 16.4. The Hall–Kier alpha value is -0.570. The Labute approximate surface area is 79.7 Å². The summed E-state index contributed by atoms with van der Waals surface area (Å²) in [5, 5.41) is 9.25. The molecule has 0 radical (unpaired) electrons. The van der Waals surface area contributed by atoms with Gasteiger partial charge in [-0.15, -0.1) is 0 Å². The summed E-state index contributed by atoms with van der Waals surface area (Å²) in [6, 6.07) is 0. The standard InChI is InChI=1S/C10H19NO2/c1-3-11(4-2)10(9(12)13)7-5-6-8-10/h3-8H2,1-2H3,(H,12,13). The van der Waals surface area contributed by atoms with Gasteiger partial charge in [0, 0.05) is 0 Å². The number of carboxylic acid groups (broad SMARTS) is 1. The van der Waals surface area contributed by atoms with Crippen molar-refractivity contribution < 1.29 is 9.90 Å². The molecule has 0 spiro atoms. The summed E-state index contributed by atoms with van der Waals surface area (Å²) >= 11 is 0. The van der Waals surface area contributed by atoms with E-state index in [2.05, 4.69) is 4.90 Å². The largest absolute Gasteiger partial charge is 0.480 e. The fraction of sp³-hybridized carbons (Fsp3) is 0.900. The topological polar surface area (TPSA) is 40.5 Å². The summed E-state index contributed by atoms with van der Waals surface area (Å²) in [4.78, 5) is 13.3. The smallest absolute Gasteiger partial charge is 0.324 e. The molecular weight excluding hydrogens is 166 g/mol. The van der Waals surface area contributed by atoms with Gasteiger partial charge in [-0.2, -0.15) is 0 Å². The molecule has 0 heterocycles. The summed E-state index contributed by atoms with van der Waals surface area (Å²) in [6.07, 6.45) is 3.76. The number of likely N-dealkylation sites (N-methyl/N-ethyl adjacent to an activating group) is 1. The van der Waals surface area contributed by atoms with Crippen molar-refractivity contribution in [1.29, 1.82) is 0 Å². The van der Waals surface area contributed by atoms with Crippen molar-refractivity contribution in [3.63, 3.8) is 0 Å². The quantitative estimate of drug-likeness (QED) is 0.725. The van der Waals surface area contributed by atoms with Gasteiger partial charge < -0.3 is 5.11 Å². The second kappa shape index (κ2) is 4.09. The van der Waals surface area contributed by atoms with Crippen LogP contribution in [-0.2, 0) is 4.79 Å². The van der Waals surface area contributed by atoms with Crippen molar-refractivity contribution in [2.75, 3.05) is 13.1 Å². The molecule has 0 aromatic heterocycles. The molecule has 1 fully saturated rings. The summed E-state index contributed by atoms with van der Waals surface area (Å²) in [6.45, 7) is 5.74. The van der Waals surface area contributed by atoms with Crippen LogP contribution in [0.25, 0.3) is 0 Å². The van der Waals surface area contributed by atoms with E-state index in [1.54, 1.807) is 0 Å². The lowest BCUT2D eigenvalue weighted by molar-refractivity contribution is -0.151. The van der Waals surface area contributed by atoms with E-state index in [1.807, 2.05) is 13.8 Å². The van der Waals surface area contributed by atoms with Crippen molar-refractivity contribution in [3.05, 3.63) is 0 Å². The molecule has 0 bridgehead atoms. The summed E-state index contributed by atoms with van der Waals surface area (Å²) in [5.74, 6) is -0.631. The Balaban J connectivity index is 2.82. The molecule has 76 valence electrons. The van der Waals surface area contributed by atoms with Crippen LogP contribution in [0.4, 0.5) is 0 Å². The predicted molar refractivity (Wildman–Crippen MR) is 51.8 cm³/mol. The molecule has 0 unspecified atom stereocenters. The Kier molecular flexibility index (Phi) is 3.31. The van der Waals surface area contributed by atoms with Gasteiger partial charge in [0.15, 0.2) is 0 Å². The molecule has 0 aromatic carbocycles. The van der Waals surface area contributed by atoms with Crippen LogP contribution in [0.5, 0.6) is 0 Å². The first-order chi connectivity index (χ1) is 6.17. The van der Waals surface area contributed by atoms with Gasteiger partial charge >= 0.3 is 5.97 Å². The third kappa shape index (κ3) is 1.70. The monoisotopic (exact) mass is 185 g/mol. The van der Waals surface area contributed by atoms with Crippen molar-refractivity contribution in [2.45, 2.75) is 45.1 Å². The highest BCUT2D eigenvalue weighted by Gasteiger charge is 2.44. The number of nitrogens with zero attached hydrogens (tertiary/aromatic N) is 1. The molecule has 13 heavy (non-hydrogen) atoms. The molecule has 1 aliphatic rings. The number of hydrogen-bond acceptors (Lipinski definition) is 2. The molecule has 1 aliphatic carbocycles. The van der Waals surface area contributed by atoms with Gasteiger partial charge in [-0.3, -0.25) is 9.69 Å². The lowest BCUT2D eigenvalue weighted by Gasteiger charge is -2.36. The molecule has 0 amide bonds. The van der Waals surface area contributed by atoms with Gasteiger partial charge in [-0.1, -0.05) is 26.7 Å². The van der Waals surface area contributed by atoms with E-state index in [0.717, 1.165) is 38.8 Å². The number of carboxylic acids is 1. The van der Waals surface area contributed by atoms with E-state index in [4.69, 9.17) is 0 Å². The summed E-state index contributed by atoms with van der Waals surface area (Å²) in [7, 11) is 0. The molecule has 3 heteroatoms. The van der Waals surface area contributed by atoms with Crippen LogP contribution >= 0.6 is 0 Å².